The van der Waals surface area contributed by atoms with Crippen LogP contribution in [0.25, 0.3) is 10.1 Å². The molecule has 2 heterocycles. The molecule has 1 saturated heterocycles. The highest BCUT2D eigenvalue weighted by atomic mass is 32.1. The summed E-state index contributed by atoms with van der Waals surface area (Å²) in [5.74, 6) is -0.244. The molecule has 0 atom stereocenters. The van der Waals surface area contributed by atoms with E-state index in [1.54, 1.807) is 6.92 Å². The van der Waals surface area contributed by atoms with E-state index in [1.165, 1.54) is 18.3 Å². The van der Waals surface area contributed by atoms with Gasteiger partial charge in [0.25, 0.3) is 5.91 Å². The number of nitrogens with one attached hydrogen (secondary N) is 1. The second-order valence-electron chi connectivity index (χ2n) is 7.38. The van der Waals surface area contributed by atoms with Gasteiger partial charge in [-0.3, -0.25) is 9.59 Å². The minimum Gasteiger partial charge on any atom is -0.482 e. The van der Waals surface area contributed by atoms with Crippen LogP contribution in [0.4, 0.5) is 5.00 Å². The van der Waals surface area contributed by atoms with Crippen LogP contribution in [-0.4, -0.2) is 49.0 Å². The molecule has 30 heavy (non-hydrogen) atoms. The average Bonchev–Trinajstić information content (AvgIpc) is 2.87. The second-order valence-corrected chi connectivity index (χ2v) is 8.40. The number of amides is 2. The van der Waals surface area contributed by atoms with Gasteiger partial charge in [0, 0.05) is 25.4 Å². The Hall–Kier alpha value is -2.61. The zero-order chi connectivity index (χ0) is 21.7. The minimum atomic E-state index is -0.497. The standard InChI is InChI=1S/C22H28N2O5S/c1-4-28-22(27)18-16-10-9-14(2)19(20(16)30-21(18)23-15(3)25)29-13-17(26)24-11-7-5-6-8-12-24/h9-10H,4-8,11-13H2,1-3H3,(H,23,25). The highest BCUT2D eigenvalue weighted by Crippen LogP contribution is 2.42. The topological polar surface area (TPSA) is 84.9 Å². The molecule has 162 valence electrons. The van der Waals surface area contributed by atoms with E-state index in [1.807, 2.05) is 24.0 Å². The normalized spacial score (nSPS) is 14.3. The third-order valence-electron chi connectivity index (χ3n) is 5.08. The number of ether oxygens (including phenoxy) is 2. The lowest BCUT2D eigenvalue weighted by Crippen LogP contribution is -2.35. The Bertz CT molecular complexity index is 945. The van der Waals surface area contributed by atoms with Gasteiger partial charge in [-0.05, 0) is 32.3 Å². The molecular weight excluding hydrogens is 404 g/mol. The van der Waals surface area contributed by atoms with Gasteiger partial charge in [0.2, 0.25) is 5.91 Å². The van der Waals surface area contributed by atoms with E-state index in [-0.39, 0.29) is 25.0 Å². The first-order valence-corrected chi connectivity index (χ1v) is 11.2. The van der Waals surface area contributed by atoms with Crippen LogP contribution in [0.15, 0.2) is 12.1 Å². The first-order valence-electron chi connectivity index (χ1n) is 10.3. The third kappa shape index (κ3) is 4.92. The van der Waals surface area contributed by atoms with E-state index in [0.717, 1.165) is 44.3 Å². The number of carbonyl (C=O) groups excluding carboxylic acids is 3. The molecule has 0 radical (unpaired) electrons. The lowest BCUT2D eigenvalue weighted by Gasteiger charge is -2.20. The zero-order valence-electron chi connectivity index (χ0n) is 17.7. The number of hydrogen-bond acceptors (Lipinski definition) is 6. The molecule has 3 rings (SSSR count). The van der Waals surface area contributed by atoms with Crippen molar-refractivity contribution in [1.82, 2.24) is 4.90 Å². The highest BCUT2D eigenvalue weighted by Gasteiger charge is 2.24. The van der Waals surface area contributed by atoms with Crippen molar-refractivity contribution in [2.45, 2.75) is 46.5 Å². The Labute approximate surface area is 180 Å². The predicted molar refractivity (Wildman–Crippen MR) is 117 cm³/mol. The fraction of sp³-hybridized carbons (Fsp3) is 0.500. The van der Waals surface area contributed by atoms with E-state index >= 15 is 0 Å². The summed E-state index contributed by atoms with van der Waals surface area (Å²) in [6, 6.07) is 3.67. The molecule has 2 amide bonds. The lowest BCUT2D eigenvalue weighted by molar-refractivity contribution is -0.133. The SMILES string of the molecule is CCOC(=O)c1c(NC(C)=O)sc2c(OCC(=O)N3CCCCCC3)c(C)ccc12. The largest absolute Gasteiger partial charge is 0.482 e. The highest BCUT2D eigenvalue weighted by molar-refractivity contribution is 7.24. The Morgan fingerprint density at radius 3 is 2.47 bits per heavy atom. The van der Waals surface area contributed by atoms with Crippen LogP contribution in [0.2, 0.25) is 0 Å². The Morgan fingerprint density at radius 2 is 1.83 bits per heavy atom. The number of aryl methyl sites for hydroxylation is 1. The lowest BCUT2D eigenvalue weighted by atomic mass is 10.1. The van der Waals surface area contributed by atoms with Crippen molar-refractivity contribution in [3.63, 3.8) is 0 Å². The number of likely N-dealkylation sites (tertiary alicyclic amines) is 1. The van der Waals surface area contributed by atoms with Crippen LogP contribution in [0.5, 0.6) is 5.75 Å². The fourth-order valence-electron chi connectivity index (χ4n) is 3.61. The number of benzene rings is 1. The molecule has 0 unspecified atom stereocenters. The number of fused-ring (bicyclic) bond motifs is 1. The van der Waals surface area contributed by atoms with Crippen molar-refractivity contribution < 1.29 is 23.9 Å². The van der Waals surface area contributed by atoms with E-state index in [2.05, 4.69) is 5.32 Å². The maximum atomic E-state index is 12.7. The number of hydrogen-bond donors (Lipinski definition) is 1. The van der Waals surface area contributed by atoms with Crippen LogP contribution < -0.4 is 10.1 Å². The minimum absolute atomic E-state index is 0.0300. The van der Waals surface area contributed by atoms with Crippen LogP contribution in [0.3, 0.4) is 0 Å². The van der Waals surface area contributed by atoms with Crippen LogP contribution in [0, 0.1) is 6.92 Å². The quantitative estimate of drug-likeness (QED) is 0.694. The van der Waals surface area contributed by atoms with Crippen LogP contribution in [-0.2, 0) is 14.3 Å². The van der Waals surface area contributed by atoms with Crippen LogP contribution in [0.1, 0.15) is 55.5 Å². The van der Waals surface area contributed by atoms with Gasteiger partial charge >= 0.3 is 5.97 Å². The first-order chi connectivity index (χ1) is 14.4. The molecule has 1 N–H and O–H groups in total. The number of anilines is 1. The predicted octanol–water partition coefficient (Wildman–Crippen LogP) is 4.13. The Balaban J connectivity index is 1.92. The second kappa shape index (κ2) is 9.93. The van der Waals surface area contributed by atoms with Crippen molar-refractivity contribution in [3.05, 3.63) is 23.3 Å². The molecule has 1 aromatic carbocycles. The Morgan fingerprint density at radius 1 is 1.13 bits per heavy atom. The summed E-state index contributed by atoms with van der Waals surface area (Å²) in [7, 11) is 0. The summed E-state index contributed by atoms with van der Waals surface area (Å²) in [4.78, 5) is 38.7. The molecule has 1 aliphatic heterocycles. The molecule has 0 aliphatic carbocycles. The van der Waals surface area contributed by atoms with Gasteiger partial charge in [0.15, 0.2) is 6.61 Å². The van der Waals surface area contributed by atoms with Gasteiger partial charge in [-0.25, -0.2) is 4.79 Å². The summed E-state index contributed by atoms with van der Waals surface area (Å²) >= 11 is 1.26. The van der Waals surface area contributed by atoms with Gasteiger partial charge in [0.05, 0.1) is 11.3 Å². The van der Waals surface area contributed by atoms with Crippen molar-refractivity contribution in [3.8, 4) is 5.75 Å². The zero-order valence-corrected chi connectivity index (χ0v) is 18.5. The third-order valence-corrected chi connectivity index (χ3v) is 6.20. The summed E-state index contributed by atoms with van der Waals surface area (Å²) in [5.41, 5.74) is 1.17. The summed E-state index contributed by atoms with van der Waals surface area (Å²) in [6.07, 6.45) is 4.35. The van der Waals surface area contributed by atoms with Crippen molar-refractivity contribution >= 4 is 44.2 Å². The van der Waals surface area contributed by atoms with Gasteiger partial charge in [0.1, 0.15) is 16.3 Å². The number of esters is 1. The number of thiophene rings is 1. The molecule has 1 aliphatic rings. The maximum Gasteiger partial charge on any atom is 0.341 e. The molecule has 0 saturated carbocycles. The summed E-state index contributed by atoms with van der Waals surface area (Å²) in [5, 5.41) is 3.79. The van der Waals surface area contributed by atoms with Crippen LogP contribution >= 0.6 is 11.3 Å². The monoisotopic (exact) mass is 432 g/mol. The summed E-state index contributed by atoms with van der Waals surface area (Å²) in [6.45, 7) is 6.73. The molecule has 1 fully saturated rings. The van der Waals surface area contributed by atoms with Crippen molar-refractivity contribution in [2.24, 2.45) is 0 Å². The first kappa shape index (κ1) is 22.1. The maximum absolute atomic E-state index is 12.7. The number of carbonyl (C=O) groups is 3. The molecule has 0 bridgehead atoms. The number of rotatable bonds is 6. The van der Waals surface area contributed by atoms with E-state index in [9.17, 15) is 14.4 Å². The molecule has 8 heteroatoms. The smallest absolute Gasteiger partial charge is 0.341 e. The molecule has 7 nitrogen and oxygen atoms in total. The average molecular weight is 433 g/mol. The van der Waals surface area contributed by atoms with Crippen molar-refractivity contribution in [1.29, 1.82) is 0 Å². The van der Waals surface area contributed by atoms with E-state index < -0.39 is 5.97 Å². The summed E-state index contributed by atoms with van der Waals surface area (Å²) < 4.78 is 11.9. The van der Waals surface area contributed by atoms with Crippen molar-refractivity contribution in [2.75, 3.05) is 31.6 Å². The molecule has 2 aromatic rings. The van der Waals surface area contributed by atoms with Gasteiger partial charge < -0.3 is 19.7 Å². The Kier molecular flexibility index (Phi) is 7.31. The van der Waals surface area contributed by atoms with E-state index in [4.69, 9.17) is 9.47 Å². The van der Waals surface area contributed by atoms with E-state index in [0.29, 0.717) is 26.4 Å². The van der Waals surface area contributed by atoms with Gasteiger partial charge in [-0.1, -0.05) is 25.0 Å². The molecular formula is C22H28N2O5S. The fourth-order valence-corrected chi connectivity index (χ4v) is 4.90. The van der Waals surface area contributed by atoms with Gasteiger partial charge in [-0.2, -0.15) is 0 Å². The number of nitrogens with zero attached hydrogens (tertiary/aromatic N) is 1. The molecule has 1 aromatic heterocycles. The van der Waals surface area contributed by atoms with Gasteiger partial charge in [-0.15, -0.1) is 11.3 Å². The molecule has 0 spiro atoms.